The Morgan fingerprint density at radius 2 is 1.04 bits per heavy atom. The average Bonchev–Trinajstić information content (AvgIpc) is 2.56. The maximum absolute atomic E-state index is 10.7. The molecular formula is C15H18N2O6. The van der Waals surface area contributed by atoms with Gasteiger partial charge in [-0.15, -0.1) is 0 Å². The number of carboxylic acid groups (broad SMARTS) is 3. The van der Waals surface area contributed by atoms with Gasteiger partial charge in [0.2, 0.25) is 0 Å². The van der Waals surface area contributed by atoms with Crippen molar-refractivity contribution in [3.8, 4) is 0 Å². The molecule has 3 saturated heterocycles. The molecule has 0 spiro atoms. The maximum atomic E-state index is 10.7. The summed E-state index contributed by atoms with van der Waals surface area (Å²) in [6, 6.07) is 3.26. The van der Waals surface area contributed by atoms with Gasteiger partial charge < -0.3 is 15.3 Å². The summed E-state index contributed by atoms with van der Waals surface area (Å²) in [5, 5.41) is 26.0. The molecule has 0 aliphatic carbocycles. The third-order valence-electron chi connectivity index (χ3n) is 3.94. The van der Waals surface area contributed by atoms with Crippen LogP contribution in [0.4, 0.5) is 0 Å². The molecule has 8 heteroatoms. The Morgan fingerprint density at radius 3 is 1.26 bits per heavy atom. The van der Waals surface area contributed by atoms with Gasteiger partial charge in [-0.1, -0.05) is 6.07 Å². The topological polar surface area (TPSA) is 118 Å². The Bertz CT molecular complexity index is 567. The second-order valence-electron chi connectivity index (χ2n) is 5.33. The first-order valence-electron chi connectivity index (χ1n) is 7.17. The number of carboxylic acids is 3. The van der Waals surface area contributed by atoms with Crippen LogP contribution in [0.3, 0.4) is 0 Å². The zero-order valence-electron chi connectivity index (χ0n) is 12.4. The van der Waals surface area contributed by atoms with Gasteiger partial charge in [-0.3, -0.25) is 9.80 Å². The smallest absolute Gasteiger partial charge is 0.337 e. The lowest BCUT2D eigenvalue weighted by Gasteiger charge is -2.41. The Hall–Kier alpha value is -2.45. The summed E-state index contributed by atoms with van der Waals surface area (Å²) < 4.78 is 0. The summed E-state index contributed by atoms with van der Waals surface area (Å²) in [6.07, 6.45) is 0. The molecule has 1 aromatic carbocycles. The monoisotopic (exact) mass is 322 g/mol. The Kier molecular flexibility index (Phi) is 5.30. The SMILES string of the molecule is C1CN2CCN1CC2.O=C(O)c1cccc(C(=O)O)c1C(=O)O. The molecule has 0 aromatic heterocycles. The minimum absolute atomic E-state index is 0.539. The van der Waals surface area contributed by atoms with Gasteiger partial charge in [0.15, 0.2) is 0 Å². The van der Waals surface area contributed by atoms with Crippen molar-refractivity contribution in [1.82, 2.24) is 9.80 Å². The van der Waals surface area contributed by atoms with Gasteiger partial charge in [-0.2, -0.15) is 0 Å². The second kappa shape index (κ2) is 7.21. The summed E-state index contributed by atoms with van der Waals surface area (Å²) in [4.78, 5) is 37.1. The van der Waals surface area contributed by atoms with Crippen LogP contribution in [0.2, 0.25) is 0 Å². The first-order chi connectivity index (χ1) is 10.9. The summed E-state index contributed by atoms with van der Waals surface area (Å²) in [5.74, 6) is -4.53. The maximum Gasteiger partial charge on any atom is 0.337 e. The number of carbonyl (C=O) groups is 3. The van der Waals surface area contributed by atoms with Crippen molar-refractivity contribution in [2.24, 2.45) is 0 Å². The number of hydrogen-bond acceptors (Lipinski definition) is 5. The molecule has 3 aliphatic heterocycles. The number of nitrogens with zero attached hydrogens (tertiary/aromatic N) is 2. The Balaban J connectivity index is 0.000000198. The molecule has 2 bridgehead atoms. The number of fused-ring (bicyclic) bond motifs is 3. The van der Waals surface area contributed by atoms with Crippen molar-refractivity contribution < 1.29 is 29.7 Å². The van der Waals surface area contributed by atoms with E-state index in [2.05, 4.69) is 9.80 Å². The zero-order valence-corrected chi connectivity index (χ0v) is 12.4. The molecule has 0 unspecified atom stereocenters. The van der Waals surface area contributed by atoms with Gasteiger partial charge in [-0.25, -0.2) is 14.4 Å². The highest BCUT2D eigenvalue weighted by molar-refractivity contribution is 6.08. The third-order valence-corrected chi connectivity index (χ3v) is 3.94. The second-order valence-corrected chi connectivity index (χ2v) is 5.33. The molecule has 3 N–H and O–H groups in total. The molecule has 4 rings (SSSR count). The predicted octanol–water partition coefficient (Wildman–Crippen LogP) is 0.399. The normalized spacial score (nSPS) is 21.9. The highest BCUT2D eigenvalue weighted by Gasteiger charge is 2.23. The summed E-state index contributed by atoms with van der Waals surface area (Å²) in [5.41, 5.74) is -1.79. The predicted molar refractivity (Wildman–Crippen MR) is 80.2 cm³/mol. The Morgan fingerprint density at radius 1 is 0.696 bits per heavy atom. The van der Waals surface area contributed by atoms with Crippen molar-refractivity contribution in [2.45, 2.75) is 0 Å². The Labute approximate surface area is 132 Å². The van der Waals surface area contributed by atoms with Gasteiger partial charge in [0.25, 0.3) is 0 Å². The van der Waals surface area contributed by atoms with E-state index in [0.717, 1.165) is 12.1 Å². The summed E-state index contributed by atoms with van der Waals surface area (Å²) >= 11 is 0. The van der Waals surface area contributed by atoms with Crippen LogP contribution in [0, 0.1) is 0 Å². The van der Waals surface area contributed by atoms with E-state index in [-0.39, 0.29) is 0 Å². The molecule has 0 amide bonds. The van der Waals surface area contributed by atoms with E-state index in [4.69, 9.17) is 15.3 Å². The fourth-order valence-electron chi connectivity index (χ4n) is 2.66. The van der Waals surface area contributed by atoms with Gasteiger partial charge in [0, 0.05) is 39.3 Å². The van der Waals surface area contributed by atoms with Crippen molar-refractivity contribution >= 4 is 17.9 Å². The van der Waals surface area contributed by atoms with Crippen LogP contribution < -0.4 is 0 Å². The van der Waals surface area contributed by atoms with E-state index in [1.165, 1.54) is 45.3 Å². The minimum atomic E-state index is -1.58. The van der Waals surface area contributed by atoms with Crippen LogP contribution in [-0.2, 0) is 0 Å². The fourth-order valence-corrected chi connectivity index (χ4v) is 2.66. The minimum Gasteiger partial charge on any atom is -0.478 e. The van der Waals surface area contributed by atoms with Crippen molar-refractivity contribution in [2.75, 3.05) is 39.3 Å². The molecule has 124 valence electrons. The van der Waals surface area contributed by atoms with Gasteiger partial charge in [0.05, 0.1) is 16.7 Å². The van der Waals surface area contributed by atoms with Crippen molar-refractivity contribution in [3.63, 3.8) is 0 Å². The quantitative estimate of drug-likeness (QED) is 0.732. The number of piperazine rings is 3. The average molecular weight is 322 g/mol. The van der Waals surface area contributed by atoms with Crippen LogP contribution in [0.5, 0.6) is 0 Å². The largest absolute Gasteiger partial charge is 0.478 e. The van der Waals surface area contributed by atoms with E-state index in [0.29, 0.717) is 0 Å². The number of benzene rings is 1. The standard InChI is InChI=1S/C9H6O6.C6H12N2/c10-7(11)4-2-1-3-5(8(12)13)6(4)9(14)15;1-2-8-5-3-7(1)4-6-8/h1-3H,(H,10,11)(H,12,13)(H,14,15);1-6H2. The molecule has 0 saturated carbocycles. The molecule has 8 nitrogen and oxygen atoms in total. The lowest BCUT2D eigenvalue weighted by atomic mass is 10.0. The molecule has 3 heterocycles. The van der Waals surface area contributed by atoms with Crippen LogP contribution in [-0.4, -0.2) is 82.3 Å². The van der Waals surface area contributed by atoms with E-state index in [1.54, 1.807) is 0 Å². The lowest BCUT2D eigenvalue weighted by molar-refractivity contribution is 0.0633. The molecule has 0 atom stereocenters. The van der Waals surface area contributed by atoms with E-state index in [1.807, 2.05) is 0 Å². The van der Waals surface area contributed by atoms with Gasteiger partial charge >= 0.3 is 17.9 Å². The van der Waals surface area contributed by atoms with E-state index in [9.17, 15) is 14.4 Å². The molecular weight excluding hydrogens is 304 g/mol. The third kappa shape index (κ3) is 4.05. The van der Waals surface area contributed by atoms with Crippen molar-refractivity contribution in [3.05, 3.63) is 34.9 Å². The van der Waals surface area contributed by atoms with Crippen molar-refractivity contribution in [1.29, 1.82) is 0 Å². The molecule has 3 aliphatic rings. The van der Waals surface area contributed by atoms with Crippen LogP contribution in [0.1, 0.15) is 31.1 Å². The molecule has 0 radical (unpaired) electrons. The van der Waals surface area contributed by atoms with Gasteiger partial charge in [0.1, 0.15) is 0 Å². The van der Waals surface area contributed by atoms with E-state index >= 15 is 0 Å². The number of aromatic carboxylic acids is 3. The van der Waals surface area contributed by atoms with Crippen LogP contribution >= 0.6 is 0 Å². The molecule has 3 fully saturated rings. The zero-order chi connectivity index (χ0) is 17.0. The number of hydrogen-bond donors (Lipinski definition) is 3. The summed E-state index contributed by atoms with van der Waals surface area (Å²) in [7, 11) is 0. The van der Waals surface area contributed by atoms with E-state index < -0.39 is 34.6 Å². The summed E-state index contributed by atoms with van der Waals surface area (Å²) in [6.45, 7) is 7.92. The lowest BCUT2D eigenvalue weighted by Crippen LogP contribution is -2.55. The van der Waals surface area contributed by atoms with Crippen LogP contribution in [0.15, 0.2) is 18.2 Å². The molecule has 1 aromatic rings. The first kappa shape index (κ1) is 16.9. The molecule has 23 heavy (non-hydrogen) atoms. The number of rotatable bonds is 3. The van der Waals surface area contributed by atoms with Crippen LogP contribution in [0.25, 0.3) is 0 Å². The first-order valence-corrected chi connectivity index (χ1v) is 7.17. The van der Waals surface area contributed by atoms with Gasteiger partial charge in [-0.05, 0) is 12.1 Å². The highest BCUT2D eigenvalue weighted by atomic mass is 16.4. The highest BCUT2D eigenvalue weighted by Crippen LogP contribution is 2.15. The fraction of sp³-hybridized carbons (Fsp3) is 0.400.